The molecule has 1 aliphatic rings. The number of carbonyl (C=O) groups is 2. The highest BCUT2D eigenvalue weighted by atomic mass is 35.5. The minimum atomic E-state index is -0.742. The Hall–Kier alpha value is -1.46. The van der Waals surface area contributed by atoms with Crippen LogP contribution in [0.3, 0.4) is 0 Å². The molecule has 2 N–H and O–H groups in total. The molecule has 1 atom stereocenters. The molecule has 0 saturated carbocycles. The Labute approximate surface area is 120 Å². The number of nitrogen functional groups attached to an aromatic ring is 1. The lowest BCUT2D eigenvalue weighted by molar-refractivity contribution is -0.133. The van der Waals surface area contributed by atoms with Gasteiger partial charge in [-0.05, 0) is 12.1 Å². The molecule has 1 aromatic rings. The largest absolute Gasteiger partial charge is 0.449 e. The first-order valence-electron chi connectivity index (χ1n) is 5.60. The molecule has 19 heavy (non-hydrogen) atoms. The average Bonchev–Trinajstić information content (AvgIpc) is 2.67. The third kappa shape index (κ3) is 2.77. The molecule has 0 radical (unpaired) electrons. The highest BCUT2D eigenvalue weighted by molar-refractivity contribution is 6.43. The molecule has 1 heterocycles. The summed E-state index contributed by atoms with van der Waals surface area (Å²) in [6, 6.07) is 2.74. The predicted molar refractivity (Wildman–Crippen MR) is 72.3 cm³/mol. The minimum Gasteiger partial charge on any atom is -0.449 e. The van der Waals surface area contributed by atoms with E-state index < -0.39 is 12.1 Å². The second-order valence-electron chi connectivity index (χ2n) is 4.30. The van der Waals surface area contributed by atoms with E-state index >= 15 is 0 Å². The van der Waals surface area contributed by atoms with Gasteiger partial charge in [0.15, 0.2) is 6.10 Å². The highest BCUT2D eigenvalue weighted by Crippen LogP contribution is 2.30. The second-order valence-corrected chi connectivity index (χ2v) is 5.09. The van der Waals surface area contributed by atoms with Gasteiger partial charge < -0.3 is 15.4 Å². The summed E-state index contributed by atoms with van der Waals surface area (Å²) in [5.74, 6) is -0.847. The van der Waals surface area contributed by atoms with Crippen molar-refractivity contribution >= 4 is 40.8 Å². The first-order chi connectivity index (χ1) is 8.90. The van der Waals surface area contributed by atoms with Crippen molar-refractivity contribution in [3.8, 4) is 0 Å². The summed E-state index contributed by atoms with van der Waals surface area (Å²) in [6.07, 6.45) is -0.258. The molecule has 0 spiro atoms. The van der Waals surface area contributed by atoms with E-state index in [-0.39, 0.29) is 27.2 Å². The van der Waals surface area contributed by atoms with Crippen molar-refractivity contribution in [3.05, 3.63) is 27.7 Å². The number of nitrogens with two attached hydrogens (primary N) is 1. The highest BCUT2D eigenvalue weighted by Gasteiger charge is 2.32. The zero-order valence-corrected chi connectivity index (χ0v) is 11.7. The monoisotopic (exact) mass is 302 g/mol. The van der Waals surface area contributed by atoms with Crippen LogP contribution in [0.1, 0.15) is 16.8 Å². The van der Waals surface area contributed by atoms with Crippen LogP contribution in [-0.4, -0.2) is 36.5 Å². The molecule has 1 aromatic carbocycles. The SMILES string of the molecule is CN1CCC(OC(=O)c2cc(N)c(Cl)c(Cl)c2)C1=O. The molecule has 1 unspecified atom stereocenters. The Morgan fingerprint density at radius 1 is 1.47 bits per heavy atom. The molecule has 0 aromatic heterocycles. The normalized spacial score (nSPS) is 18.8. The van der Waals surface area contributed by atoms with Crippen LogP contribution in [0, 0.1) is 0 Å². The number of likely N-dealkylation sites (N-methyl/N-ethyl adjacent to an activating group) is 1. The number of amides is 1. The molecule has 102 valence electrons. The first-order valence-corrected chi connectivity index (χ1v) is 6.36. The number of ether oxygens (including phenoxy) is 1. The van der Waals surface area contributed by atoms with Crippen LogP contribution in [0.4, 0.5) is 5.69 Å². The number of halogens is 2. The van der Waals surface area contributed by atoms with Gasteiger partial charge in [0.1, 0.15) is 0 Å². The van der Waals surface area contributed by atoms with Gasteiger partial charge in [0.2, 0.25) is 0 Å². The van der Waals surface area contributed by atoms with Crippen molar-refractivity contribution < 1.29 is 14.3 Å². The lowest BCUT2D eigenvalue weighted by Gasteiger charge is -2.12. The number of benzene rings is 1. The number of carbonyl (C=O) groups excluding carboxylic acids is 2. The van der Waals surface area contributed by atoms with Gasteiger partial charge in [-0.2, -0.15) is 0 Å². The van der Waals surface area contributed by atoms with Gasteiger partial charge in [0, 0.05) is 20.0 Å². The molecule has 1 aliphatic heterocycles. The Morgan fingerprint density at radius 2 is 2.16 bits per heavy atom. The number of hydrogen-bond acceptors (Lipinski definition) is 4. The topological polar surface area (TPSA) is 72.6 Å². The van der Waals surface area contributed by atoms with Crippen LogP contribution in [0.2, 0.25) is 10.0 Å². The number of likely N-dealkylation sites (tertiary alicyclic amines) is 1. The Bertz CT molecular complexity index is 525. The lowest BCUT2D eigenvalue weighted by Crippen LogP contribution is -2.29. The summed E-state index contributed by atoms with van der Waals surface area (Å²) in [5.41, 5.74) is 5.98. The molecule has 1 saturated heterocycles. The summed E-state index contributed by atoms with van der Waals surface area (Å²) >= 11 is 11.6. The fourth-order valence-electron chi connectivity index (χ4n) is 1.83. The van der Waals surface area contributed by atoms with Crippen LogP contribution < -0.4 is 5.73 Å². The van der Waals surface area contributed by atoms with Crippen molar-refractivity contribution in [1.82, 2.24) is 4.90 Å². The van der Waals surface area contributed by atoms with Gasteiger partial charge in [0.05, 0.1) is 21.3 Å². The van der Waals surface area contributed by atoms with Gasteiger partial charge in [-0.15, -0.1) is 0 Å². The van der Waals surface area contributed by atoms with E-state index in [9.17, 15) is 9.59 Å². The number of hydrogen-bond donors (Lipinski definition) is 1. The van der Waals surface area contributed by atoms with E-state index in [0.29, 0.717) is 13.0 Å². The zero-order chi connectivity index (χ0) is 14.2. The molecule has 7 heteroatoms. The average molecular weight is 303 g/mol. The number of esters is 1. The predicted octanol–water partition coefficient (Wildman–Crippen LogP) is 1.96. The van der Waals surface area contributed by atoms with Gasteiger partial charge in [0.25, 0.3) is 5.91 Å². The maximum atomic E-state index is 11.9. The summed E-state index contributed by atoms with van der Waals surface area (Å²) in [7, 11) is 1.66. The van der Waals surface area contributed by atoms with E-state index in [0.717, 1.165) is 0 Å². The third-order valence-corrected chi connectivity index (χ3v) is 3.74. The van der Waals surface area contributed by atoms with Gasteiger partial charge in [-0.3, -0.25) is 4.79 Å². The van der Waals surface area contributed by atoms with Crippen LogP contribution in [0.25, 0.3) is 0 Å². The van der Waals surface area contributed by atoms with Gasteiger partial charge in [-0.1, -0.05) is 23.2 Å². The third-order valence-electron chi connectivity index (χ3n) is 2.92. The van der Waals surface area contributed by atoms with Crippen molar-refractivity contribution in [2.24, 2.45) is 0 Å². The smallest absolute Gasteiger partial charge is 0.339 e. The number of rotatable bonds is 2. The van der Waals surface area contributed by atoms with Crippen molar-refractivity contribution in [3.63, 3.8) is 0 Å². The first kappa shape index (κ1) is 14.0. The van der Waals surface area contributed by atoms with E-state index in [4.69, 9.17) is 33.7 Å². The van der Waals surface area contributed by atoms with Crippen molar-refractivity contribution in [1.29, 1.82) is 0 Å². The standard InChI is InChI=1S/C12H12Cl2N2O3/c1-16-3-2-9(11(16)17)19-12(18)6-4-7(13)10(14)8(15)5-6/h4-5,9H,2-3,15H2,1H3. The lowest BCUT2D eigenvalue weighted by atomic mass is 10.2. The summed E-state index contributed by atoms with van der Waals surface area (Å²) in [6.45, 7) is 0.570. The number of anilines is 1. The van der Waals surface area contributed by atoms with Crippen LogP contribution in [0.15, 0.2) is 12.1 Å². The van der Waals surface area contributed by atoms with E-state index in [1.165, 1.54) is 17.0 Å². The van der Waals surface area contributed by atoms with Crippen molar-refractivity contribution in [2.75, 3.05) is 19.3 Å². The van der Waals surface area contributed by atoms with Crippen LogP contribution in [0.5, 0.6) is 0 Å². The fraction of sp³-hybridized carbons (Fsp3) is 0.333. The van der Waals surface area contributed by atoms with Crippen molar-refractivity contribution in [2.45, 2.75) is 12.5 Å². The Morgan fingerprint density at radius 3 is 2.68 bits per heavy atom. The minimum absolute atomic E-state index is 0.170. The zero-order valence-electron chi connectivity index (χ0n) is 10.2. The fourth-order valence-corrected chi connectivity index (χ4v) is 2.16. The van der Waals surface area contributed by atoms with Crippen LogP contribution >= 0.6 is 23.2 Å². The van der Waals surface area contributed by atoms with Gasteiger partial charge in [-0.25, -0.2) is 4.79 Å². The molecular weight excluding hydrogens is 291 g/mol. The maximum Gasteiger partial charge on any atom is 0.339 e. The second kappa shape index (κ2) is 5.27. The number of nitrogens with zero attached hydrogens (tertiary/aromatic N) is 1. The summed E-state index contributed by atoms with van der Waals surface area (Å²) < 4.78 is 5.14. The van der Waals surface area contributed by atoms with Gasteiger partial charge >= 0.3 is 5.97 Å². The molecule has 5 nitrogen and oxygen atoms in total. The van der Waals surface area contributed by atoms with E-state index in [2.05, 4.69) is 0 Å². The van der Waals surface area contributed by atoms with E-state index in [1.807, 2.05) is 0 Å². The molecule has 1 fully saturated rings. The molecule has 2 rings (SSSR count). The molecule has 0 bridgehead atoms. The molecular formula is C12H12Cl2N2O3. The Kier molecular flexibility index (Phi) is 3.87. The van der Waals surface area contributed by atoms with Crippen LogP contribution in [-0.2, 0) is 9.53 Å². The summed E-state index contributed by atoms with van der Waals surface area (Å²) in [5, 5.41) is 0.360. The quantitative estimate of drug-likeness (QED) is 0.669. The molecule has 1 amide bonds. The maximum absolute atomic E-state index is 11.9. The Balaban J connectivity index is 2.15. The van der Waals surface area contributed by atoms with E-state index in [1.54, 1.807) is 7.05 Å². The summed E-state index contributed by atoms with van der Waals surface area (Å²) in [4.78, 5) is 25.1. The molecule has 0 aliphatic carbocycles.